The molecule has 1 aromatic carbocycles. The molecule has 0 bridgehead atoms. The number of halogens is 3. The third kappa shape index (κ3) is 6.72. The summed E-state index contributed by atoms with van der Waals surface area (Å²) < 4.78 is 56.0. The van der Waals surface area contributed by atoms with Gasteiger partial charge in [-0.25, -0.2) is 27.3 Å². The van der Waals surface area contributed by atoms with Crippen LogP contribution in [-0.4, -0.2) is 108 Å². The van der Waals surface area contributed by atoms with Crippen molar-refractivity contribution >= 4 is 6.03 Å². The summed E-state index contributed by atoms with van der Waals surface area (Å²) in [6.07, 6.45) is 0.998. The minimum absolute atomic E-state index is 0.0401. The Morgan fingerprint density at radius 1 is 1.07 bits per heavy atom. The predicted molar refractivity (Wildman–Crippen MR) is 149 cm³/mol. The van der Waals surface area contributed by atoms with Gasteiger partial charge in [-0.05, 0) is 45.7 Å². The number of nitrogens with one attached hydrogen (secondary N) is 1. The van der Waals surface area contributed by atoms with Gasteiger partial charge < -0.3 is 29.9 Å². The van der Waals surface area contributed by atoms with Crippen LogP contribution in [0.25, 0.3) is 11.3 Å². The first kappa shape index (κ1) is 31.8. The van der Waals surface area contributed by atoms with Gasteiger partial charge in [0.2, 0.25) is 0 Å². The van der Waals surface area contributed by atoms with E-state index >= 15 is 0 Å². The zero-order valence-corrected chi connectivity index (χ0v) is 24.9. The first-order chi connectivity index (χ1) is 20.9. The highest BCUT2D eigenvalue weighted by Gasteiger charge is 2.47. The molecule has 5 atom stereocenters. The van der Waals surface area contributed by atoms with Crippen molar-refractivity contribution < 1.29 is 37.7 Å². The van der Waals surface area contributed by atoms with Crippen LogP contribution in [0.4, 0.5) is 18.0 Å². The van der Waals surface area contributed by atoms with Crippen molar-refractivity contribution in [2.45, 2.75) is 82.1 Å². The van der Waals surface area contributed by atoms with Gasteiger partial charge in [-0.1, -0.05) is 10.4 Å². The smallest absolute Gasteiger partial charge is 0.317 e. The van der Waals surface area contributed by atoms with E-state index in [0.29, 0.717) is 31.6 Å². The Morgan fingerprint density at radius 3 is 2.34 bits per heavy atom. The maximum absolute atomic E-state index is 13.8. The Balaban J connectivity index is 1.30. The number of ether oxygens (including phenoxy) is 2. The van der Waals surface area contributed by atoms with Crippen LogP contribution in [0.1, 0.15) is 51.4 Å². The molecule has 2 amide bonds. The number of aliphatic hydroxyl groups is 2. The number of methoxy groups -OCH3 is 1. The van der Waals surface area contributed by atoms with Crippen LogP contribution >= 0.6 is 0 Å². The summed E-state index contributed by atoms with van der Waals surface area (Å²) in [5.74, 6) is -4.35. The predicted octanol–water partition coefficient (Wildman–Crippen LogP) is 2.02. The Labute approximate surface area is 251 Å². The summed E-state index contributed by atoms with van der Waals surface area (Å²) >= 11 is 0. The number of carbonyl (C=O) groups is 1. The number of urea groups is 1. The lowest BCUT2D eigenvalue weighted by Gasteiger charge is -2.43. The highest BCUT2D eigenvalue weighted by Crippen LogP contribution is 2.34. The fourth-order valence-electron chi connectivity index (χ4n) is 5.71. The average molecular weight is 623 g/mol. The molecule has 44 heavy (non-hydrogen) atoms. The highest BCUT2D eigenvalue weighted by molar-refractivity contribution is 5.75. The minimum atomic E-state index is -1.60. The molecule has 13 nitrogen and oxygen atoms in total. The van der Waals surface area contributed by atoms with E-state index < -0.39 is 54.5 Å². The first-order valence-electron chi connectivity index (χ1n) is 14.4. The second kappa shape index (κ2) is 12.8. The molecular formula is C28H37F3N8O5. The molecule has 4 heterocycles. The van der Waals surface area contributed by atoms with Crippen molar-refractivity contribution in [1.29, 1.82) is 0 Å². The number of hydrogen-bond donors (Lipinski definition) is 3. The van der Waals surface area contributed by atoms with Gasteiger partial charge in [-0.2, -0.15) is 0 Å². The highest BCUT2D eigenvalue weighted by atomic mass is 19.2. The van der Waals surface area contributed by atoms with E-state index in [1.165, 1.54) is 18.0 Å². The van der Waals surface area contributed by atoms with Crippen LogP contribution in [0.3, 0.4) is 0 Å². The fraction of sp³-hybridized carbons (Fsp3) is 0.607. The number of amides is 2. The molecule has 0 aliphatic carbocycles. The van der Waals surface area contributed by atoms with E-state index in [1.54, 1.807) is 9.58 Å². The van der Waals surface area contributed by atoms with E-state index in [-0.39, 0.29) is 35.3 Å². The van der Waals surface area contributed by atoms with Crippen LogP contribution < -0.4 is 5.32 Å². The second-order valence-electron chi connectivity index (χ2n) is 12.2. The molecule has 3 aromatic rings. The summed E-state index contributed by atoms with van der Waals surface area (Å²) in [5.41, 5.74) is 0.264. The van der Waals surface area contributed by atoms with Gasteiger partial charge in [0.15, 0.2) is 17.5 Å². The summed E-state index contributed by atoms with van der Waals surface area (Å²) in [4.78, 5) is 14.3. The molecule has 5 rings (SSSR count). The number of hydrogen-bond acceptors (Lipinski definition) is 9. The van der Waals surface area contributed by atoms with Crippen molar-refractivity contribution in [3.8, 4) is 11.3 Å². The van der Waals surface area contributed by atoms with Crippen LogP contribution in [0.2, 0.25) is 0 Å². The topological polar surface area (TPSA) is 153 Å². The Kier molecular flexibility index (Phi) is 9.25. The Hall–Kier alpha value is -3.60. The largest absolute Gasteiger partial charge is 0.394 e. The zero-order valence-electron chi connectivity index (χ0n) is 24.9. The molecule has 240 valence electrons. The number of benzene rings is 1. The van der Waals surface area contributed by atoms with E-state index in [4.69, 9.17) is 9.47 Å². The number of rotatable bonds is 7. The van der Waals surface area contributed by atoms with E-state index in [0.717, 1.165) is 12.1 Å². The van der Waals surface area contributed by atoms with Crippen LogP contribution in [-0.2, 0) is 15.9 Å². The maximum Gasteiger partial charge on any atom is 0.317 e. The van der Waals surface area contributed by atoms with Crippen molar-refractivity contribution in [1.82, 2.24) is 40.2 Å². The molecule has 0 saturated carbocycles. The quantitative estimate of drug-likeness (QED) is 0.336. The normalized spacial score (nSPS) is 24.9. The SMILES string of the molecule is CO[C@@H]1[C@@H](n2cc(-c3cc(F)c(F)c(F)c3)nn2)[C@@H](O)[C@@H](CO)O[C@@H]1Cc1cn(C2CCN(C(=O)NC(C)(C)C)CC2)nn1. The molecule has 0 spiro atoms. The third-order valence-corrected chi connectivity index (χ3v) is 7.91. The lowest BCUT2D eigenvalue weighted by Crippen LogP contribution is -2.57. The number of carbonyl (C=O) groups excluding carboxylic acids is 1. The van der Waals surface area contributed by atoms with Crippen molar-refractivity contribution in [2.75, 3.05) is 26.8 Å². The lowest BCUT2D eigenvalue weighted by atomic mass is 9.90. The number of aliphatic hydroxyl groups excluding tert-OH is 2. The average Bonchev–Trinajstić information content (AvgIpc) is 3.66. The molecule has 16 heteroatoms. The maximum atomic E-state index is 13.8. The third-order valence-electron chi connectivity index (χ3n) is 7.91. The second-order valence-corrected chi connectivity index (χ2v) is 12.2. The summed E-state index contributed by atoms with van der Waals surface area (Å²) in [7, 11) is 1.43. The van der Waals surface area contributed by atoms with Gasteiger partial charge in [0, 0.05) is 43.9 Å². The number of aromatic nitrogens is 6. The van der Waals surface area contributed by atoms with E-state index in [1.807, 2.05) is 27.0 Å². The number of nitrogens with zero attached hydrogens (tertiary/aromatic N) is 7. The molecule has 2 aliphatic rings. The van der Waals surface area contributed by atoms with Gasteiger partial charge in [-0.15, -0.1) is 10.2 Å². The molecule has 2 aromatic heterocycles. The van der Waals surface area contributed by atoms with Gasteiger partial charge >= 0.3 is 6.03 Å². The zero-order chi connectivity index (χ0) is 31.8. The Bertz CT molecular complexity index is 1430. The van der Waals surface area contributed by atoms with Gasteiger partial charge in [0.1, 0.15) is 30.0 Å². The number of likely N-dealkylation sites (tertiary alicyclic amines) is 1. The van der Waals surface area contributed by atoms with Gasteiger partial charge in [0.25, 0.3) is 0 Å². The van der Waals surface area contributed by atoms with Crippen molar-refractivity contribution in [3.05, 3.63) is 47.7 Å². The van der Waals surface area contributed by atoms with E-state index in [2.05, 4.69) is 25.9 Å². The van der Waals surface area contributed by atoms with Crippen molar-refractivity contribution in [3.63, 3.8) is 0 Å². The fourth-order valence-corrected chi connectivity index (χ4v) is 5.71. The van der Waals surface area contributed by atoms with Crippen LogP contribution in [0.5, 0.6) is 0 Å². The van der Waals surface area contributed by atoms with E-state index in [9.17, 15) is 28.2 Å². The standard InChI is InChI=1S/C28H37F3N8O5/c1-28(2,3)32-27(42)37-7-5-17(6-8-37)38-12-16(33-35-38)11-21-26(43-4)24(25(41)22(14-40)44-21)39-13-20(34-36-39)15-9-18(29)23(31)19(30)10-15/h9-10,12-13,17,21-22,24-26,40-41H,5-8,11,14H2,1-4H3,(H,32,42)/t21-,22-,24+,25+,26+/m1/s1. The van der Waals surface area contributed by atoms with Crippen LogP contribution in [0, 0.1) is 17.5 Å². The minimum Gasteiger partial charge on any atom is -0.394 e. The Morgan fingerprint density at radius 2 is 1.73 bits per heavy atom. The lowest BCUT2D eigenvalue weighted by molar-refractivity contribution is -0.212. The molecule has 2 fully saturated rings. The van der Waals surface area contributed by atoms with Crippen LogP contribution in [0.15, 0.2) is 24.5 Å². The summed E-state index contributed by atoms with van der Waals surface area (Å²) in [6.45, 7) is 6.46. The first-order valence-corrected chi connectivity index (χ1v) is 14.4. The molecule has 0 radical (unpaired) electrons. The molecular weight excluding hydrogens is 585 g/mol. The van der Waals surface area contributed by atoms with Gasteiger partial charge in [0.05, 0.1) is 30.6 Å². The van der Waals surface area contributed by atoms with Crippen molar-refractivity contribution in [2.24, 2.45) is 0 Å². The molecule has 2 aliphatic heterocycles. The summed E-state index contributed by atoms with van der Waals surface area (Å²) in [5, 5.41) is 40.7. The molecule has 0 unspecified atom stereocenters. The van der Waals surface area contributed by atoms with Gasteiger partial charge in [-0.3, -0.25) is 0 Å². The monoisotopic (exact) mass is 622 g/mol. The summed E-state index contributed by atoms with van der Waals surface area (Å²) in [6, 6.07) is 0.644. The number of piperidine rings is 1. The molecule has 3 N–H and O–H groups in total. The molecule has 2 saturated heterocycles.